The van der Waals surface area contributed by atoms with Crippen LogP contribution in [0.3, 0.4) is 0 Å². The van der Waals surface area contributed by atoms with Gasteiger partial charge in [0, 0.05) is 27.4 Å². The lowest BCUT2D eigenvalue weighted by Crippen LogP contribution is -2.50. The van der Waals surface area contributed by atoms with Crippen LogP contribution in [0.5, 0.6) is 11.5 Å². The molecule has 0 aliphatic rings. The second-order valence-electron chi connectivity index (χ2n) is 10.00. The number of rotatable bonds is 9. The number of carbonyl (C=O) groups is 2. The molecule has 1 aromatic heterocycles. The second kappa shape index (κ2) is 12.2. The number of nitrogens with one attached hydrogen (secondary N) is 1. The van der Waals surface area contributed by atoms with E-state index in [4.69, 9.17) is 21.1 Å². The molecule has 0 unspecified atom stereocenters. The monoisotopic (exact) mass is 562 g/mol. The van der Waals surface area contributed by atoms with Gasteiger partial charge < -0.3 is 14.8 Å². The van der Waals surface area contributed by atoms with Gasteiger partial charge in [-0.15, -0.1) is 10.2 Å². The Morgan fingerprint density at radius 1 is 1.00 bits per heavy atom. The Kier molecular flexibility index (Phi) is 8.69. The number of benzene rings is 3. The molecule has 0 fully saturated rings. The Morgan fingerprint density at radius 3 is 2.33 bits per heavy atom. The van der Waals surface area contributed by atoms with Crippen LogP contribution in [-0.4, -0.2) is 51.8 Å². The zero-order valence-electron chi connectivity index (χ0n) is 23.0. The molecular formula is C29H31ClN6O4. The van der Waals surface area contributed by atoms with Gasteiger partial charge in [0.1, 0.15) is 24.1 Å². The molecule has 1 atom stereocenters. The van der Waals surface area contributed by atoms with Gasteiger partial charge in [-0.1, -0.05) is 29.8 Å². The topological polar surface area (TPSA) is 111 Å². The molecule has 0 saturated carbocycles. The van der Waals surface area contributed by atoms with Crippen LogP contribution in [0.1, 0.15) is 32.4 Å². The van der Waals surface area contributed by atoms with Gasteiger partial charge in [0.25, 0.3) is 5.91 Å². The number of tetrazole rings is 1. The van der Waals surface area contributed by atoms with Crippen LogP contribution in [-0.2, 0) is 16.1 Å². The average Bonchev–Trinajstić information content (AvgIpc) is 3.39. The van der Waals surface area contributed by atoms with Gasteiger partial charge in [-0.3, -0.25) is 14.5 Å². The molecule has 3 aromatic carbocycles. The van der Waals surface area contributed by atoms with E-state index in [1.807, 2.05) is 26.8 Å². The Balaban J connectivity index is 1.79. The maximum absolute atomic E-state index is 14.1. The van der Waals surface area contributed by atoms with Gasteiger partial charge in [-0.25, -0.2) is 0 Å². The highest BCUT2D eigenvalue weighted by atomic mass is 35.5. The Hall–Kier alpha value is -4.44. The standard InChI is InChI=1S/C29H31ClN6O4/c1-29(2,3)31-28(38)26(23-17-22(39-4)15-16-24(23)40-5)36(21-9-7-6-8-10-21)25(37)18-35-33-27(32-34-35)19-11-13-20(30)14-12-19/h6-17,26H,18H2,1-5H3,(H,31,38)/t26-/m0/s1. The number of anilines is 1. The molecule has 0 saturated heterocycles. The van der Waals surface area contributed by atoms with Crippen molar-refractivity contribution in [2.75, 3.05) is 19.1 Å². The summed E-state index contributed by atoms with van der Waals surface area (Å²) in [5, 5.41) is 16.1. The summed E-state index contributed by atoms with van der Waals surface area (Å²) in [6.45, 7) is 5.34. The molecule has 11 heteroatoms. The largest absolute Gasteiger partial charge is 0.497 e. The third-order valence-electron chi connectivity index (χ3n) is 5.87. The lowest BCUT2D eigenvalue weighted by atomic mass is 9.99. The highest BCUT2D eigenvalue weighted by molar-refractivity contribution is 6.30. The molecule has 0 radical (unpaired) electrons. The molecule has 0 bridgehead atoms. The molecule has 0 aliphatic carbocycles. The SMILES string of the molecule is COc1ccc(OC)c([C@@H](C(=O)NC(C)(C)C)N(C(=O)Cn2nnc(-c3ccc(Cl)cc3)n2)c2ccccc2)c1. The number of aromatic nitrogens is 4. The van der Waals surface area contributed by atoms with Gasteiger partial charge in [-0.05, 0) is 80.6 Å². The maximum atomic E-state index is 14.1. The minimum atomic E-state index is -1.11. The van der Waals surface area contributed by atoms with E-state index in [-0.39, 0.29) is 6.54 Å². The zero-order valence-corrected chi connectivity index (χ0v) is 23.7. The van der Waals surface area contributed by atoms with Gasteiger partial charge in [-0.2, -0.15) is 4.80 Å². The number of ether oxygens (including phenoxy) is 2. The molecule has 4 rings (SSSR count). The molecule has 0 aliphatic heterocycles. The first-order chi connectivity index (χ1) is 19.1. The van der Waals surface area contributed by atoms with Crippen molar-refractivity contribution >= 4 is 29.1 Å². The lowest BCUT2D eigenvalue weighted by molar-refractivity contribution is -0.128. The highest BCUT2D eigenvalue weighted by Crippen LogP contribution is 2.36. The van der Waals surface area contributed by atoms with E-state index in [1.165, 1.54) is 23.9 Å². The van der Waals surface area contributed by atoms with Crippen LogP contribution in [0.15, 0.2) is 72.8 Å². The molecule has 0 spiro atoms. The first-order valence-electron chi connectivity index (χ1n) is 12.5. The average molecular weight is 563 g/mol. The van der Waals surface area contributed by atoms with Crippen molar-refractivity contribution in [3.63, 3.8) is 0 Å². The third kappa shape index (κ3) is 6.76. The molecule has 40 heavy (non-hydrogen) atoms. The second-order valence-corrected chi connectivity index (χ2v) is 10.4. The van der Waals surface area contributed by atoms with Crippen molar-refractivity contribution in [3.05, 3.63) is 83.4 Å². The number of halogens is 1. The minimum absolute atomic E-state index is 0.277. The number of para-hydroxylation sites is 1. The number of amides is 2. The number of hydrogen-bond donors (Lipinski definition) is 1. The quantitative estimate of drug-likeness (QED) is 0.315. The molecule has 10 nitrogen and oxygen atoms in total. The van der Waals surface area contributed by atoms with E-state index in [1.54, 1.807) is 66.7 Å². The van der Waals surface area contributed by atoms with Crippen LogP contribution in [0.2, 0.25) is 5.02 Å². The summed E-state index contributed by atoms with van der Waals surface area (Å²) < 4.78 is 11.1. The van der Waals surface area contributed by atoms with Crippen molar-refractivity contribution < 1.29 is 19.1 Å². The van der Waals surface area contributed by atoms with Crippen LogP contribution in [0, 0.1) is 0 Å². The molecular weight excluding hydrogens is 532 g/mol. The van der Waals surface area contributed by atoms with Crippen LogP contribution in [0.4, 0.5) is 5.69 Å². The van der Waals surface area contributed by atoms with E-state index in [0.717, 1.165) is 0 Å². The fourth-order valence-corrected chi connectivity index (χ4v) is 4.26. The number of methoxy groups -OCH3 is 2. The lowest BCUT2D eigenvalue weighted by Gasteiger charge is -2.34. The third-order valence-corrected chi connectivity index (χ3v) is 6.12. The number of nitrogens with zero attached hydrogens (tertiary/aromatic N) is 5. The summed E-state index contributed by atoms with van der Waals surface area (Å²) in [6, 6.07) is 19.9. The smallest absolute Gasteiger partial charge is 0.251 e. The molecule has 4 aromatic rings. The molecule has 1 N–H and O–H groups in total. The fourth-order valence-electron chi connectivity index (χ4n) is 4.14. The summed E-state index contributed by atoms with van der Waals surface area (Å²) in [6.07, 6.45) is 0. The first kappa shape index (κ1) is 28.6. The van der Waals surface area contributed by atoms with E-state index < -0.39 is 23.4 Å². The maximum Gasteiger partial charge on any atom is 0.251 e. The van der Waals surface area contributed by atoms with Crippen LogP contribution < -0.4 is 19.7 Å². The van der Waals surface area contributed by atoms with Gasteiger partial charge in [0.2, 0.25) is 11.7 Å². The van der Waals surface area contributed by atoms with Crippen molar-refractivity contribution in [2.45, 2.75) is 38.9 Å². The highest BCUT2D eigenvalue weighted by Gasteiger charge is 2.37. The van der Waals surface area contributed by atoms with Gasteiger partial charge >= 0.3 is 0 Å². The van der Waals surface area contributed by atoms with Crippen molar-refractivity contribution in [1.82, 2.24) is 25.5 Å². The van der Waals surface area contributed by atoms with Crippen molar-refractivity contribution in [1.29, 1.82) is 0 Å². The summed E-state index contributed by atoms with van der Waals surface area (Å²) in [4.78, 5) is 30.6. The van der Waals surface area contributed by atoms with E-state index in [2.05, 4.69) is 20.7 Å². The Bertz CT molecular complexity index is 1470. The van der Waals surface area contributed by atoms with Gasteiger partial charge in [0.05, 0.1) is 14.2 Å². The molecule has 208 valence electrons. The zero-order chi connectivity index (χ0) is 28.9. The summed E-state index contributed by atoms with van der Waals surface area (Å²) in [5.74, 6) is 0.435. The van der Waals surface area contributed by atoms with Crippen LogP contribution in [0.25, 0.3) is 11.4 Å². The Morgan fingerprint density at radius 2 is 1.70 bits per heavy atom. The predicted octanol–water partition coefficient (Wildman–Crippen LogP) is 4.70. The number of carbonyl (C=O) groups excluding carboxylic acids is 2. The van der Waals surface area contributed by atoms with E-state index >= 15 is 0 Å². The van der Waals surface area contributed by atoms with E-state index in [0.29, 0.717) is 39.2 Å². The van der Waals surface area contributed by atoms with E-state index in [9.17, 15) is 9.59 Å². The fraction of sp³-hybridized carbons (Fsp3) is 0.276. The number of hydrogen-bond acceptors (Lipinski definition) is 7. The molecule has 2 amide bonds. The first-order valence-corrected chi connectivity index (χ1v) is 12.9. The predicted molar refractivity (Wildman–Crippen MR) is 152 cm³/mol. The van der Waals surface area contributed by atoms with Crippen molar-refractivity contribution in [2.24, 2.45) is 0 Å². The minimum Gasteiger partial charge on any atom is -0.497 e. The summed E-state index contributed by atoms with van der Waals surface area (Å²) >= 11 is 5.99. The van der Waals surface area contributed by atoms with Crippen LogP contribution >= 0.6 is 11.6 Å². The van der Waals surface area contributed by atoms with Crippen molar-refractivity contribution in [3.8, 4) is 22.9 Å². The molecule has 1 heterocycles. The summed E-state index contributed by atoms with van der Waals surface area (Å²) in [5.41, 5.74) is 1.08. The Labute approximate surface area is 237 Å². The normalized spacial score (nSPS) is 11.9. The van der Waals surface area contributed by atoms with Gasteiger partial charge in [0.15, 0.2) is 0 Å². The summed E-state index contributed by atoms with van der Waals surface area (Å²) in [7, 11) is 3.04.